The van der Waals surface area contributed by atoms with Crippen LogP contribution in [0.2, 0.25) is 0 Å². The number of aliphatic imine (C=N–C) groups is 1. The van der Waals surface area contributed by atoms with E-state index in [0.717, 1.165) is 22.7 Å². The lowest BCUT2D eigenvalue weighted by molar-refractivity contribution is 0.324. The van der Waals surface area contributed by atoms with Gasteiger partial charge in [-0.05, 0) is 18.8 Å². The smallest absolute Gasteiger partial charge is 0.191 e. The van der Waals surface area contributed by atoms with E-state index in [1.807, 2.05) is 26.0 Å². The van der Waals surface area contributed by atoms with Gasteiger partial charge in [-0.2, -0.15) is 0 Å². The molecule has 2 unspecified atom stereocenters. The first-order chi connectivity index (χ1) is 10.1. The van der Waals surface area contributed by atoms with Gasteiger partial charge in [-0.1, -0.05) is 19.8 Å². The van der Waals surface area contributed by atoms with Crippen LogP contribution in [0.5, 0.6) is 0 Å². The van der Waals surface area contributed by atoms with E-state index < -0.39 is 0 Å². The molecule has 21 heavy (non-hydrogen) atoms. The SMILES string of the molecule is CN=C(NCc1csc(N(C)C)n1)NC1CCCC(C)C1. The topological polar surface area (TPSA) is 52.6 Å². The van der Waals surface area contributed by atoms with Crippen LogP contribution in [-0.4, -0.2) is 38.1 Å². The number of aromatic nitrogens is 1. The number of nitrogens with zero attached hydrogens (tertiary/aromatic N) is 3. The fraction of sp³-hybridized carbons (Fsp3) is 0.733. The van der Waals surface area contributed by atoms with Crippen molar-refractivity contribution in [1.29, 1.82) is 0 Å². The Hall–Kier alpha value is -1.30. The van der Waals surface area contributed by atoms with Gasteiger partial charge in [0.2, 0.25) is 0 Å². The maximum absolute atomic E-state index is 4.57. The third-order valence-corrected chi connectivity index (χ3v) is 4.92. The van der Waals surface area contributed by atoms with E-state index in [-0.39, 0.29) is 0 Å². The molecule has 1 aliphatic carbocycles. The van der Waals surface area contributed by atoms with Crippen LogP contribution in [-0.2, 0) is 6.54 Å². The predicted molar refractivity (Wildman–Crippen MR) is 91.2 cm³/mol. The van der Waals surface area contributed by atoms with Crippen LogP contribution in [0.4, 0.5) is 5.13 Å². The molecule has 0 aliphatic heterocycles. The Morgan fingerprint density at radius 2 is 2.29 bits per heavy atom. The highest BCUT2D eigenvalue weighted by Crippen LogP contribution is 2.23. The number of thiazole rings is 1. The molecule has 1 aliphatic rings. The molecule has 1 fully saturated rings. The molecule has 0 aromatic carbocycles. The fourth-order valence-corrected chi connectivity index (χ4v) is 3.47. The van der Waals surface area contributed by atoms with Crippen molar-refractivity contribution in [3.8, 4) is 0 Å². The summed E-state index contributed by atoms with van der Waals surface area (Å²) in [5, 5.41) is 10.0. The van der Waals surface area contributed by atoms with Crippen LogP contribution in [0, 0.1) is 5.92 Å². The van der Waals surface area contributed by atoms with E-state index in [1.54, 1.807) is 11.3 Å². The average Bonchev–Trinajstić information content (AvgIpc) is 2.92. The number of hydrogen-bond acceptors (Lipinski definition) is 4. The number of hydrogen-bond donors (Lipinski definition) is 2. The van der Waals surface area contributed by atoms with Crippen LogP contribution in [0.1, 0.15) is 38.3 Å². The Morgan fingerprint density at radius 3 is 2.90 bits per heavy atom. The Balaban J connectivity index is 1.82. The normalized spacial score (nSPS) is 23.0. The molecule has 0 radical (unpaired) electrons. The summed E-state index contributed by atoms with van der Waals surface area (Å²) in [5.41, 5.74) is 1.06. The maximum atomic E-state index is 4.57. The van der Waals surface area contributed by atoms with E-state index in [9.17, 15) is 0 Å². The molecule has 1 aromatic rings. The van der Waals surface area contributed by atoms with Crippen LogP contribution < -0.4 is 15.5 Å². The van der Waals surface area contributed by atoms with Gasteiger partial charge >= 0.3 is 0 Å². The molecule has 2 atom stereocenters. The summed E-state index contributed by atoms with van der Waals surface area (Å²) in [7, 11) is 5.86. The molecule has 1 saturated carbocycles. The summed E-state index contributed by atoms with van der Waals surface area (Å²) in [6, 6.07) is 0.549. The summed E-state index contributed by atoms with van der Waals surface area (Å²) in [6.45, 7) is 3.05. The highest BCUT2D eigenvalue weighted by Gasteiger charge is 2.19. The molecule has 5 nitrogen and oxygen atoms in total. The van der Waals surface area contributed by atoms with Crippen LogP contribution >= 0.6 is 11.3 Å². The Kier molecular flexibility index (Phi) is 5.85. The van der Waals surface area contributed by atoms with Crippen LogP contribution in [0.25, 0.3) is 0 Å². The minimum atomic E-state index is 0.549. The first-order valence-electron chi connectivity index (χ1n) is 7.67. The van der Waals surface area contributed by atoms with Gasteiger partial charge in [0.15, 0.2) is 11.1 Å². The van der Waals surface area contributed by atoms with Crippen molar-refractivity contribution in [1.82, 2.24) is 15.6 Å². The van der Waals surface area contributed by atoms with Crippen molar-refractivity contribution < 1.29 is 0 Å². The fourth-order valence-electron chi connectivity index (χ4n) is 2.71. The molecule has 0 amide bonds. The molecule has 6 heteroatoms. The molecule has 1 aromatic heterocycles. The molecule has 0 saturated heterocycles. The van der Waals surface area contributed by atoms with Crippen molar-refractivity contribution in [3.05, 3.63) is 11.1 Å². The van der Waals surface area contributed by atoms with Crippen molar-refractivity contribution >= 4 is 22.4 Å². The van der Waals surface area contributed by atoms with Crippen molar-refractivity contribution in [3.63, 3.8) is 0 Å². The lowest BCUT2D eigenvalue weighted by Crippen LogP contribution is -2.44. The molecule has 2 rings (SSSR count). The summed E-state index contributed by atoms with van der Waals surface area (Å²) in [4.78, 5) is 10.9. The van der Waals surface area contributed by atoms with E-state index in [1.165, 1.54) is 25.7 Å². The highest BCUT2D eigenvalue weighted by atomic mass is 32.1. The molecule has 2 N–H and O–H groups in total. The van der Waals surface area contributed by atoms with Gasteiger partial charge in [0.1, 0.15) is 0 Å². The summed E-state index contributed by atoms with van der Waals surface area (Å²) >= 11 is 1.67. The van der Waals surface area contributed by atoms with Gasteiger partial charge in [-0.3, -0.25) is 4.99 Å². The molecular formula is C15H27N5S. The van der Waals surface area contributed by atoms with Gasteiger partial charge in [0.25, 0.3) is 0 Å². The second-order valence-electron chi connectivity index (χ2n) is 6.05. The number of rotatable bonds is 4. The minimum absolute atomic E-state index is 0.549. The molecule has 118 valence electrons. The number of guanidine groups is 1. The zero-order valence-corrected chi connectivity index (χ0v) is 14.3. The van der Waals surface area contributed by atoms with Crippen molar-refractivity contribution in [2.75, 3.05) is 26.0 Å². The van der Waals surface area contributed by atoms with E-state index in [0.29, 0.717) is 12.6 Å². The summed E-state index contributed by atoms with van der Waals surface area (Å²) < 4.78 is 0. The van der Waals surface area contributed by atoms with Crippen molar-refractivity contribution in [2.45, 2.75) is 45.2 Å². The molecule has 0 spiro atoms. The van der Waals surface area contributed by atoms with Gasteiger partial charge in [0.05, 0.1) is 12.2 Å². The average molecular weight is 309 g/mol. The quantitative estimate of drug-likeness (QED) is 0.662. The largest absolute Gasteiger partial charge is 0.354 e. The van der Waals surface area contributed by atoms with Gasteiger partial charge < -0.3 is 15.5 Å². The molecule has 1 heterocycles. The minimum Gasteiger partial charge on any atom is -0.354 e. The third kappa shape index (κ3) is 4.88. The van der Waals surface area contributed by atoms with Crippen LogP contribution in [0.3, 0.4) is 0 Å². The van der Waals surface area contributed by atoms with Crippen molar-refractivity contribution in [2.24, 2.45) is 10.9 Å². The Bertz CT molecular complexity index is 468. The first kappa shape index (κ1) is 16.1. The van der Waals surface area contributed by atoms with E-state index >= 15 is 0 Å². The molecular weight excluding hydrogens is 282 g/mol. The predicted octanol–water partition coefficient (Wildman–Crippen LogP) is 2.45. The van der Waals surface area contributed by atoms with Gasteiger partial charge in [-0.25, -0.2) is 4.98 Å². The van der Waals surface area contributed by atoms with E-state index in [2.05, 4.69) is 32.9 Å². The zero-order valence-electron chi connectivity index (χ0n) is 13.5. The standard InChI is InChI=1S/C15H27N5S/c1-11-6-5-7-12(8-11)18-14(16-2)17-9-13-10-21-15(19-13)20(3)4/h10-12H,5-9H2,1-4H3,(H2,16,17,18). The lowest BCUT2D eigenvalue weighted by atomic mass is 9.87. The second-order valence-corrected chi connectivity index (χ2v) is 6.89. The lowest BCUT2D eigenvalue weighted by Gasteiger charge is -2.28. The zero-order chi connectivity index (χ0) is 15.2. The van der Waals surface area contributed by atoms with Gasteiger partial charge in [0, 0.05) is 32.6 Å². The monoisotopic (exact) mass is 309 g/mol. The second kappa shape index (κ2) is 7.64. The summed E-state index contributed by atoms with van der Waals surface area (Å²) in [5.74, 6) is 1.70. The summed E-state index contributed by atoms with van der Waals surface area (Å²) in [6.07, 6.45) is 5.15. The van der Waals surface area contributed by atoms with E-state index in [4.69, 9.17) is 0 Å². The Morgan fingerprint density at radius 1 is 1.48 bits per heavy atom. The highest BCUT2D eigenvalue weighted by molar-refractivity contribution is 7.13. The Labute approximate surface area is 131 Å². The third-order valence-electron chi connectivity index (χ3n) is 3.86. The first-order valence-corrected chi connectivity index (χ1v) is 8.55. The molecule has 0 bridgehead atoms. The van der Waals surface area contributed by atoms with Crippen LogP contribution in [0.15, 0.2) is 10.4 Å². The maximum Gasteiger partial charge on any atom is 0.191 e. The van der Waals surface area contributed by atoms with Gasteiger partial charge in [-0.15, -0.1) is 11.3 Å². The number of anilines is 1. The number of nitrogens with one attached hydrogen (secondary N) is 2.